The Morgan fingerprint density at radius 1 is 0.929 bits per heavy atom. The highest BCUT2D eigenvalue weighted by Gasteiger charge is 2.27. The first-order valence-corrected chi connectivity index (χ1v) is 10.9. The number of aromatic nitrogens is 3. The van der Waals surface area contributed by atoms with Crippen molar-refractivity contribution in [1.82, 2.24) is 18.8 Å². The number of hydrogen-bond acceptors (Lipinski definition) is 5. The SMILES string of the molecule is O=S(=O)(Cc1cccc(Cl)c1)N1CCN(c2cc(-n3cccc3)ncn2)CC1. The van der Waals surface area contributed by atoms with Crippen LogP contribution in [0.1, 0.15) is 5.56 Å². The van der Waals surface area contributed by atoms with Gasteiger partial charge in [-0.1, -0.05) is 23.7 Å². The molecule has 4 rings (SSSR count). The van der Waals surface area contributed by atoms with Gasteiger partial charge in [-0.3, -0.25) is 0 Å². The van der Waals surface area contributed by atoms with E-state index < -0.39 is 10.0 Å². The van der Waals surface area contributed by atoms with E-state index in [-0.39, 0.29) is 5.75 Å². The highest BCUT2D eigenvalue weighted by atomic mass is 35.5. The van der Waals surface area contributed by atoms with Crippen molar-refractivity contribution < 1.29 is 8.42 Å². The van der Waals surface area contributed by atoms with Crippen LogP contribution in [0.4, 0.5) is 5.82 Å². The largest absolute Gasteiger partial charge is 0.354 e. The van der Waals surface area contributed by atoms with E-state index in [0.29, 0.717) is 36.8 Å². The lowest BCUT2D eigenvalue weighted by Gasteiger charge is -2.34. The normalized spacial score (nSPS) is 15.7. The van der Waals surface area contributed by atoms with E-state index >= 15 is 0 Å². The van der Waals surface area contributed by atoms with Crippen molar-refractivity contribution in [3.63, 3.8) is 0 Å². The molecule has 0 N–H and O–H groups in total. The summed E-state index contributed by atoms with van der Waals surface area (Å²) in [6.45, 7) is 2.01. The van der Waals surface area contributed by atoms with E-state index in [9.17, 15) is 8.42 Å². The van der Waals surface area contributed by atoms with Crippen LogP contribution in [0.25, 0.3) is 5.82 Å². The van der Waals surface area contributed by atoms with Gasteiger partial charge in [-0.15, -0.1) is 0 Å². The molecule has 0 spiro atoms. The van der Waals surface area contributed by atoms with E-state index in [0.717, 1.165) is 11.6 Å². The van der Waals surface area contributed by atoms with Gasteiger partial charge in [-0.05, 0) is 29.8 Å². The van der Waals surface area contributed by atoms with Gasteiger partial charge in [-0.25, -0.2) is 18.4 Å². The average molecular weight is 418 g/mol. The summed E-state index contributed by atoms with van der Waals surface area (Å²) in [6.07, 6.45) is 5.38. The summed E-state index contributed by atoms with van der Waals surface area (Å²) in [5.74, 6) is 1.54. The Morgan fingerprint density at radius 2 is 1.64 bits per heavy atom. The molecule has 2 aromatic heterocycles. The fourth-order valence-corrected chi connectivity index (χ4v) is 4.98. The van der Waals surface area contributed by atoms with Crippen LogP contribution in [-0.2, 0) is 15.8 Å². The number of sulfonamides is 1. The van der Waals surface area contributed by atoms with E-state index in [4.69, 9.17) is 11.6 Å². The molecule has 28 heavy (non-hydrogen) atoms. The molecule has 146 valence electrons. The number of piperazine rings is 1. The van der Waals surface area contributed by atoms with E-state index in [1.165, 1.54) is 6.33 Å². The van der Waals surface area contributed by atoms with Gasteiger partial charge in [0.25, 0.3) is 0 Å². The lowest BCUT2D eigenvalue weighted by molar-refractivity contribution is 0.383. The van der Waals surface area contributed by atoms with Gasteiger partial charge in [-0.2, -0.15) is 4.31 Å². The van der Waals surface area contributed by atoms with E-state index in [2.05, 4.69) is 14.9 Å². The zero-order valence-corrected chi connectivity index (χ0v) is 16.7. The molecule has 7 nitrogen and oxygen atoms in total. The maximum atomic E-state index is 12.8. The van der Waals surface area contributed by atoms with Crippen molar-refractivity contribution in [2.45, 2.75) is 5.75 Å². The maximum absolute atomic E-state index is 12.8. The summed E-state index contributed by atoms with van der Waals surface area (Å²) in [5, 5.41) is 0.541. The van der Waals surface area contributed by atoms with Gasteiger partial charge in [0.15, 0.2) is 0 Å². The van der Waals surface area contributed by atoms with Crippen molar-refractivity contribution in [2.75, 3.05) is 31.1 Å². The van der Waals surface area contributed by atoms with Crippen LogP contribution in [0.15, 0.2) is 61.2 Å². The molecule has 1 aromatic carbocycles. The van der Waals surface area contributed by atoms with Crippen LogP contribution in [0.2, 0.25) is 5.02 Å². The number of anilines is 1. The number of hydrogen-bond donors (Lipinski definition) is 0. The maximum Gasteiger partial charge on any atom is 0.218 e. The predicted octanol–water partition coefficient (Wildman–Crippen LogP) is 2.57. The first kappa shape index (κ1) is 18.9. The summed E-state index contributed by atoms with van der Waals surface area (Å²) in [6, 6.07) is 12.8. The van der Waals surface area contributed by atoms with Gasteiger partial charge < -0.3 is 9.47 Å². The zero-order valence-electron chi connectivity index (χ0n) is 15.1. The Kier molecular flexibility index (Phi) is 5.34. The van der Waals surface area contributed by atoms with Crippen LogP contribution in [0.3, 0.4) is 0 Å². The minimum Gasteiger partial charge on any atom is -0.354 e. The quantitative estimate of drug-likeness (QED) is 0.638. The topological polar surface area (TPSA) is 71.3 Å². The van der Waals surface area contributed by atoms with Crippen molar-refractivity contribution in [3.05, 3.63) is 71.8 Å². The van der Waals surface area contributed by atoms with Crippen LogP contribution in [0, 0.1) is 0 Å². The molecule has 1 saturated heterocycles. The molecule has 9 heteroatoms. The van der Waals surface area contributed by atoms with E-state index in [1.54, 1.807) is 28.6 Å². The smallest absolute Gasteiger partial charge is 0.218 e. The Balaban J connectivity index is 1.42. The molecule has 1 aliphatic heterocycles. The minimum absolute atomic E-state index is 0.0428. The summed E-state index contributed by atoms with van der Waals surface area (Å²) >= 11 is 5.97. The fourth-order valence-electron chi connectivity index (χ4n) is 3.26. The molecule has 3 aromatic rings. The highest BCUT2D eigenvalue weighted by molar-refractivity contribution is 7.88. The van der Waals surface area contributed by atoms with Crippen LogP contribution in [0.5, 0.6) is 0 Å². The van der Waals surface area contributed by atoms with Crippen LogP contribution >= 0.6 is 11.6 Å². The first-order valence-electron chi connectivity index (χ1n) is 8.94. The number of benzene rings is 1. The third kappa shape index (κ3) is 4.19. The van der Waals surface area contributed by atoms with Gasteiger partial charge in [0.05, 0.1) is 5.75 Å². The van der Waals surface area contributed by atoms with E-state index in [1.807, 2.05) is 35.2 Å². The molecule has 3 heterocycles. The molecular formula is C19H20ClN5O2S. The summed E-state index contributed by atoms with van der Waals surface area (Å²) in [4.78, 5) is 10.7. The van der Waals surface area contributed by atoms with Crippen molar-refractivity contribution >= 4 is 27.4 Å². The van der Waals surface area contributed by atoms with Gasteiger partial charge in [0.1, 0.15) is 18.0 Å². The monoisotopic (exact) mass is 417 g/mol. The van der Waals surface area contributed by atoms with Crippen LogP contribution < -0.4 is 4.90 Å². The molecule has 0 unspecified atom stereocenters. The molecule has 0 bridgehead atoms. The third-order valence-corrected chi connectivity index (χ3v) is 6.79. The number of halogens is 1. The number of rotatable bonds is 5. The Bertz CT molecular complexity index is 1050. The standard InChI is InChI=1S/C19H20ClN5O2S/c20-17-5-3-4-16(12-17)14-28(26,27)25-10-8-24(9-11-25)19-13-18(21-15-22-19)23-6-1-2-7-23/h1-7,12-13,15H,8-11,14H2. The van der Waals surface area contributed by atoms with Crippen LogP contribution in [-0.4, -0.2) is 53.4 Å². The summed E-state index contributed by atoms with van der Waals surface area (Å²) in [5.41, 5.74) is 0.696. The lowest BCUT2D eigenvalue weighted by atomic mass is 10.2. The van der Waals surface area contributed by atoms with Gasteiger partial charge in [0, 0.05) is 49.7 Å². The third-order valence-electron chi connectivity index (χ3n) is 4.70. The molecule has 0 atom stereocenters. The first-order chi connectivity index (χ1) is 13.5. The van der Waals surface area contributed by atoms with Crippen molar-refractivity contribution in [2.24, 2.45) is 0 Å². The minimum atomic E-state index is -3.39. The summed E-state index contributed by atoms with van der Waals surface area (Å²) < 4.78 is 29.0. The summed E-state index contributed by atoms with van der Waals surface area (Å²) in [7, 11) is -3.39. The molecule has 1 aliphatic rings. The molecule has 0 amide bonds. The molecule has 1 fully saturated rings. The van der Waals surface area contributed by atoms with Crippen molar-refractivity contribution in [1.29, 1.82) is 0 Å². The van der Waals surface area contributed by atoms with Gasteiger partial charge >= 0.3 is 0 Å². The molecular weight excluding hydrogens is 398 g/mol. The molecule has 0 saturated carbocycles. The Labute approximate surface area is 169 Å². The Morgan fingerprint density at radius 3 is 2.36 bits per heavy atom. The second-order valence-corrected chi connectivity index (χ2v) is 9.00. The molecule has 0 aliphatic carbocycles. The lowest BCUT2D eigenvalue weighted by Crippen LogP contribution is -2.49. The predicted molar refractivity (Wildman–Crippen MR) is 109 cm³/mol. The van der Waals surface area contributed by atoms with Crippen molar-refractivity contribution in [3.8, 4) is 5.82 Å². The van der Waals surface area contributed by atoms with Gasteiger partial charge in [0.2, 0.25) is 10.0 Å². The second kappa shape index (κ2) is 7.90. The Hall–Kier alpha value is -2.42. The highest BCUT2D eigenvalue weighted by Crippen LogP contribution is 2.20. The average Bonchev–Trinajstić information content (AvgIpc) is 3.23. The second-order valence-electron chi connectivity index (χ2n) is 6.60. The zero-order chi connectivity index (χ0) is 19.6. The molecule has 0 radical (unpaired) electrons. The number of nitrogens with zero attached hydrogens (tertiary/aromatic N) is 5. The fraction of sp³-hybridized carbons (Fsp3) is 0.263.